The molecule has 0 radical (unpaired) electrons. The predicted octanol–water partition coefficient (Wildman–Crippen LogP) is 4.45. The van der Waals surface area contributed by atoms with E-state index in [-0.39, 0.29) is 5.82 Å². The molecule has 0 amide bonds. The van der Waals surface area contributed by atoms with Crippen LogP contribution < -0.4 is 5.32 Å². The average molecular weight is 249 g/mol. The van der Waals surface area contributed by atoms with Gasteiger partial charge in [-0.2, -0.15) is 0 Å². The van der Waals surface area contributed by atoms with Crippen LogP contribution in [0.1, 0.15) is 57.1 Å². The normalized spacial score (nSPS) is 18.8. The molecule has 0 heterocycles. The summed E-state index contributed by atoms with van der Waals surface area (Å²) in [5, 5.41) is 3.51. The molecule has 100 valence electrons. The molecule has 18 heavy (non-hydrogen) atoms. The van der Waals surface area contributed by atoms with E-state index in [0.29, 0.717) is 6.04 Å². The first-order valence-electron chi connectivity index (χ1n) is 7.28. The summed E-state index contributed by atoms with van der Waals surface area (Å²) in [6.45, 7) is 3.06. The topological polar surface area (TPSA) is 12.0 Å². The Labute approximate surface area is 110 Å². The SMILES string of the molecule is CCNC(CC1CCCCC1)c1cccc(F)c1. The lowest BCUT2D eigenvalue weighted by Crippen LogP contribution is -2.24. The summed E-state index contributed by atoms with van der Waals surface area (Å²) in [6.07, 6.45) is 7.97. The zero-order chi connectivity index (χ0) is 12.8. The van der Waals surface area contributed by atoms with E-state index < -0.39 is 0 Å². The molecule has 0 bridgehead atoms. The molecule has 0 saturated heterocycles. The largest absolute Gasteiger partial charge is 0.310 e. The fraction of sp³-hybridized carbons (Fsp3) is 0.625. The van der Waals surface area contributed by atoms with Crippen LogP contribution in [-0.4, -0.2) is 6.54 Å². The van der Waals surface area contributed by atoms with Crippen LogP contribution in [0, 0.1) is 11.7 Å². The van der Waals surface area contributed by atoms with Crippen LogP contribution in [0.4, 0.5) is 4.39 Å². The van der Waals surface area contributed by atoms with Gasteiger partial charge in [0.2, 0.25) is 0 Å². The summed E-state index contributed by atoms with van der Waals surface area (Å²) in [5.74, 6) is 0.685. The number of benzene rings is 1. The standard InChI is InChI=1S/C16H24FN/c1-2-18-16(11-13-7-4-3-5-8-13)14-9-6-10-15(17)12-14/h6,9-10,12-13,16,18H,2-5,7-8,11H2,1H3. The van der Waals surface area contributed by atoms with Crippen molar-refractivity contribution in [3.8, 4) is 0 Å². The molecule has 1 aromatic rings. The van der Waals surface area contributed by atoms with Crippen molar-refractivity contribution in [1.82, 2.24) is 5.32 Å². The van der Waals surface area contributed by atoms with E-state index in [1.165, 1.54) is 38.2 Å². The van der Waals surface area contributed by atoms with Gasteiger partial charge in [-0.15, -0.1) is 0 Å². The Hall–Kier alpha value is -0.890. The average Bonchev–Trinajstić information content (AvgIpc) is 2.39. The minimum atomic E-state index is -0.126. The van der Waals surface area contributed by atoms with E-state index in [4.69, 9.17) is 0 Å². The minimum Gasteiger partial charge on any atom is -0.310 e. The Morgan fingerprint density at radius 1 is 1.28 bits per heavy atom. The van der Waals surface area contributed by atoms with Gasteiger partial charge in [-0.25, -0.2) is 4.39 Å². The first-order chi connectivity index (χ1) is 8.79. The van der Waals surface area contributed by atoms with Gasteiger partial charge < -0.3 is 5.32 Å². The van der Waals surface area contributed by atoms with Gasteiger partial charge in [0.05, 0.1) is 0 Å². The lowest BCUT2D eigenvalue weighted by molar-refractivity contribution is 0.301. The molecule has 0 aliphatic heterocycles. The zero-order valence-corrected chi connectivity index (χ0v) is 11.3. The molecule has 1 aliphatic carbocycles. The van der Waals surface area contributed by atoms with Crippen molar-refractivity contribution in [3.63, 3.8) is 0 Å². The number of nitrogens with one attached hydrogen (secondary N) is 1. The van der Waals surface area contributed by atoms with Crippen molar-refractivity contribution in [1.29, 1.82) is 0 Å². The molecule has 1 nitrogen and oxygen atoms in total. The second-order valence-electron chi connectivity index (χ2n) is 5.41. The lowest BCUT2D eigenvalue weighted by atomic mass is 9.83. The lowest BCUT2D eigenvalue weighted by Gasteiger charge is -2.27. The minimum absolute atomic E-state index is 0.126. The Bertz CT molecular complexity index is 358. The van der Waals surface area contributed by atoms with Crippen molar-refractivity contribution in [2.75, 3.05) is 6.54 Å². The van der Waals surface area contributed by atoms with Crippen LogP contribution in [0.15, 0.2) is 24.3 Å². The third-order valence-corrected chi connectivity index (χ3v) is 4.00. The summed E-state index contributed by atoms with van der Waals surface area (Å²) in [5.41, 5.74) is 1.10. The second-order valence-corrected chi connectivity index (χ2v) is 5.41. The maximum absolute atomic E-state index is 13.3. The number of rotatable bonds is 5. The highest BCUT2D eigenvalue weighted by Crippen LogP contribution is 2.31. The van der Waals surface area contributed by atoms with Crippen LogP contribution in [0.3, 0.4) is 0 Å². The van der Waals surface area contributed by atoms with Gasteiger partial charge in [-0.1, -0.05) is 51.2 Å². The fourth-order valence-corrected chi connectivity index (χ4v) is 3.06. The molecule has 1 aliphatic rings. The van der Waals surface area contributed by atoms with E-state index in [2.05, 4.69) is 12.2 Å². The highest BCUT2D eigenvalue weighted by Gasteiger charge is 2.19. The molecule has 1 N–H and O–H groups in total. The van der Waals surface area contributed by atoms with Crippen molar-refractivity contribution < 1.29 is 4.39 Å². The summed E-state index contributed by atoms with van der Waals surface area (Å²) < 4.78 is 13.3. The summed E-state index contributed by atoms with van der Waals surface area (Å²) >= 11 is 0. The molecular weight excluding hydrogens is 225 g/mol. The van der Waals surface area contributed by atoms with Crippen molar-refractivity contribution in [2.24, 2.45) is 5.92 Å². The van der Waals surface area contributed by atoms with Crippen LogP contribution in [0.5, 0.6) is 0 Å². The molecule has 1 unspecified atom stereocenters. The van der Waals surface area contributed by atoms with Crippen LogP contribution in [-0.2, 0) is 0 Å². The Kier molecular flexibility index (Phi) is 5.18. The molecule has 1 saturated carbocycles. The van der Waals surface area contributed by atoms with Gasteiger partial charge >= 0.3 is 0 Å². The van der Waals surface area contributed by atoms with Crippen LogP contribution in [0.2, 0.25) is 0 Å². The van der Waals surface area contributed by atoms with E-state index >= 15 is 0 Å². The van der Waals surface area contributed by atoms with Crippen molar-refractivity contribution in [2.45, 2.75) is 51.5 Å². The predicted molar refractivity (Wildman–Crippen MR) is 74.0 cm³/mol. The third kappa shape index (κ3) is 3.81. The van der Waals surface area contributed by atoms with Crippen molar-refractivity contribution in [3.05, 3.63) is 35.6 Å². The molecule has 0 spiro atoms. The summed E-state index contributed by atoms with van der Waals surface area (Å²) in [6, 6.07) is 7.37. The quantitative estimate of drug-likeness (QED) is 0.813. The third-order valence-electron chi connectivity index (χ3n) is 4.00. The van der Waals surface area contributed by atoms with E-state index in [0.717, 1.165) is 24.4 Å². The van der Waals surface area contributed by atoms with Gasteiger partial charge in [0.1, 0.15) is 5.82 Å². The summed E-state index contributed by atoms with van der Waals surface area (Å²) in [7, 11) is 0. The monoisotopic (exact) mass is 249 g/mol. The van der Waals surface area contributed by atoms with E-state index in [9.17, 15) is 4.39 Å². The number of halogens is 1. The summed E-state index contributed by atoms with van der Waals surface area (Å²) in [4.78, 5) is 0. The van der Waals surface area contributed by atoms with Gasteiger partial charge in [0.15, 0.2) is 0 Å². The molecule has 1 aromatic carbocycles. The highest BCUT2D eigenvalue weighted by molar-refractivity contribution is 5.20. The molecule has 2 heteroatoms. The van der Waals surface area contributed by atoms with Gasteiger partial charge in [-0.05, 0) is 36.6 Å². The molecule has 1 atom stereocenters. The Balaban J connectivity index is 2.02. The smallest absolute Gasteiger partial charge is 0.123 e. The first-order valence-corrected chi connectivity index (χ1v) is 7.28. The molecule has 0 aromatic heterocycles. The van der Waals surface area contributed by atoms with Gasteiger partial charge in [0, 0.05) is 6.04 Å². The fourth-order valence-electron chi connectivity index (χ4n) is 3.06. The van der Waals surface area contributed by atoms with E-state index in [1.807, 2.05) is 12.1 Å². The van der Waals surface area contributed by atoms with Gasteiger partial charge in [0.25, 0.3) is 0 Å². The highest BCUT2D eigenvalue weighted by atomic mass is 19.1. The molecule has 2 rings (SSSR count). The maximum atomic E-state index is 13.3. The number of hydrogen-bond acceptors (Lipinski definition) is 1. The van der Waals surface area contributed by atoms with Crippen LogP contribution >= 0.6 is 0 Å². The van der Waals surface area contributed by atoms with Gasteiger partial charge in [-0.3, -0.25) is 0 Å². The molecular formula is C16H24FN. The van der Waals surface area contributed by atoms with Crippen molar-refractivity contribution >= 4 is 0 Å². The molecule has 1 fully saturated rings. The zero-order valence-electron chi connectivity index (χ0n) is 11.3. The number of hydrogen-bond donors (Lipinski definition) is 1. The maximum Gasteiger partial charge on any atom is 0.123 e. The second kappa shape index (κ2) is 6.89. The Morgan fingerprint density at radius 2 is 2.06 bits per heavy atom. The van der Waals surface area contributed by atoms with E-state index in [1.54, 1.807) is 6.07 Å². The van der Waals surface area contributed by atoms with Crippen LogP contribution in [0.25, 0.3) is 0 Å². The Morgan fingerprint density at radius 3 is 2.72 bits per heavy atom. The first kappa shape index (κ1) is 13.5.